The number of rotatable bonds is 6. The number of hydrogen-bond donors (Lipinski definition) is 0. The number of aryl methyl sites for hydroxylation is 2. The maximum absolute atomic E-state index is 12.3. The van der Waals surface area contributed by atoms with Gasteiger partial charge in [0.05, 0.1) is 11.4 Å². The summed E-state index contributed by atoms with van der Waals surface area (Å²) in [4.78, 5) is 22.4. The van der Waals surface area contributed by atoms with Gasteiger partial charge in [-0.2, -0.15) is 0 Å². The van der Waals surface area contributed by atoms with E-state index in [0.717, 1.165) is 22.7 Å². The van der Waals surface area contributed by atoms with Crippen molar-refractivity contribution in [3.8, 4) is 0 Å². The first-order valence-corrected chi connectivity index (χ1v) is 7.41. The number of hydrogen-bond acceptors (Lipinski definition) is 5. The second kappa shape index (κ2) is 7.15. The van der Waals surface area contributed by atoms with Gasteiger partial charge in [0, 0.05) is 50.1 Å². The molecule has 0 spiro atoms. The van der Waals surface area contributed by atoms with E-state index in [0.29, 0.717) is 19.3 Å². The smallest absolute Gasteiger partial charge is 0.222 e. The molecule has 1 amide bonds. The largest absolute Gasteiger partial charge is 0.361 e. The van der Waals surface area contributed by atoms with E-state index in [1.165, 1.54) is 0 Å². The lowest BCUT2D eigenvalue weighted by Gasteiger charge is -2.24. The Morgan fingerprint density at radius 1 is 1.36 bits per heavy atom. The molecular formula is C16H22N4O2. The number of likely N-dealkylation sites (N-methyl/N-ethyl adjacent to an activating group) is 1. The van der Waals surface area contributed by atoms with Crippen molar-refractivity contribution >= 4 is 5.91 Å². The van der Waals surface area contributed by atoms with E-state index >= 15 is 0 Å². The lowest BCUT2D eigenvalue weighted by atomic mass is 10.1. The minimum Gasteiger partial charge on any atom is -0.361 e. The molecule has 6 heteroatoms. The van der Waals surface area contributed by atoms with Gasteiger partial charge in [0.2, 0.25) is 5.91 Å². The maximum atomic E-state index is 12.3. The molecule has 22 heavy (non-hydrogen) atoms. The van der Waals surface area contributed by atoms with E-state index in [1.54, 1.807) is 23.5 Å². The Morgan fingerprint density at radius 2 is 2.14 bits per heavy atom. The van der Waals surface area contributed by atoms with Crippen LogP contribution in [0, 0.1) is 13.8 Å². The van der Waals surface area contributed by atoms with Gasteiger partial charge in [-0.3, -0.25) is 14.8 Å². The molecule has 0 aromatic carbocycles. The minimum atomic E-state index is 0.0777. The quantitative estimate of drug-likeness (QED) is 0.817. The molecule has 0 radical (unpaired) electrons. The van der Waals surface area contributed by atoms with Crippen molar-refractivity contribution in [2.24, 2.45) is 0 Å². The molecule has 0 aliphatic carbocycles. The molecule has 1 unspecified atom stereocenters. The van der Waals surface area contributed by atoms with Crippen molar-refractivity contribution in [2.75, 3.05) is 7.05 Å². The van der Waals surface area contributed by atoms with Crippen LogP contribution in [0.15, 0.2) is 23.1 Å². The number of amides is 1. The molecule has 2 heterocycles. The van der Waals surface area contributed by atoms with Gasteiger partial charge in [-0.1, -0.05) is 5.16 Å². The average molecular weight is 302 g/mol. The van der Waals surface area contributed by atoms with Gasteiger partial charge in [0.25, 0.3) is 0 Å². The summed E-state index contributed by atoms with van der Waals surface area (Å²) in [6.45, 7) is 5.79. The van der Waals surface area contributed by atoms with Crippen LogP contribution in [0.5, 0.6) is 0 Å². The minimum absolute atomic E-state index is 0.0777. The van der Waals surface area contributed by atoms with Crippen molar-refractivity contribution in [1.82, 2.24) is 20.0 Å². The fraction of sp³-hybridized carbons (Fsp3) is 0.500. The molecule has 1 atom stereocenters. The summed E-state index contributed by atoms with van der Waals surface area (Å²) in [6.07, 6.45) is 6.85. The molecule has 6 nitrogen and oxygen atoms in total. The fourth-order valence-corrected chi connectivity index (χ4v) is 2.39. The Bertz CT molecular complexity index is 605. The second-order valence-corrected chi connectivity index (χ2v) is 5.56. The van der Waals surface area contributed by atoms with Crippen LogP contribution >= 0.6 is 0 Å². The van der Waals surface area contributed by atoms with E-state index in [-0.39, 0.29) is 11.9 Å². The molecule has 2 rings (SSSR count). The number of carbonyl (C=O) groups excluding carboxylic acids is 1. The van der Waals surface area contributed by atoms with Crippen LogP contribution in [0.4, 0.5) is 0 Å². The van der Waals surface area contributed by atoms with Crippen LogP contribution in [0.25, 0.3) is 0 Å². The van der Waals surface area contributed by atoms with Gasteiger partial charge >= 0.3 is 0 Å². The standard InChI is InChI=1S/C16H22N4O2/c1-11(9-14-10-17-7-8-18-14)20(4)16(21)6-5-15-12(2)19-22-13(15)3/h7-8,10-11H,5-6,9H2,1-4H3. The number of carbonyl (C=O) groups is 1. The first-order chi connectivity index (χ1) is 10.5. The number of nitrogens with zero attached hydrogens (tertiary/aromatic N) is 4. The molecule has 0 aliphatic heterocycles. The lowest BCUT2D eigenvalue weighted by molar-refractivity contribution is -0.131. The summed E-state index contributed by atoms with van der Waals surface area (Å²) in [5.41, 5.74) is 2.78. The monoisotopic (exact) mass is 302 g/mol. The third-order valence-electron chi connectivity index (χ3n) is 3.95. The molecule has 0 saturated heterocycles. The summed E-state index contributed by atoms with van der Waals surface area (Å²) < 4.78 is 5.12. The summed E-state index contributed by atoms with van der Waals surface area (Å²) in [5.74, 6) is 0.900. The van der Waals surface area contributed by atoms with Crippen molar-refractivity contribution in [2.45, 2.75) is 46.1 Å². The van der Waals surface area contributed by atoms with Gasteiger partial charge in [-0.15, -0.1) is 0 Å². The summed E-state index contributed by atoms with van der Waals surface area (Å²) in [6, 6.07) is 0.0777. The van der Waals surface area contributed by atoms with Crippen LogP contribution in [-0.4, -0.2) is 39.0 Å². The van der Waals surface area contributed by atoms with Crippen LogP contribution in [-0.2, 0) is 17.6 Å². The fourth-order valence-electron chi connectivity index (χ4n) is 2.39. The lowest BCUT2D eigenvalue weighted by Crippen LogP contribution is -2.36. The number of aromatic nitrogens is 3. The molecule has 0 saturated carbocycles. The van der Waals surface area contributed by atoms with Crippen molar-refractivity contribution in [3.05, 3.63) is 41.3 Å². The summed E-state index contributed by atoms with van der Waals surface area (Å²) in [7, 11) is 1.83. The Kier molecular flexibility index (Phi) is 5.25. The van der Waals surface area contributed by atoms with Gasteiger partial charge in [-0.25, -0.2) is 0 Å². The van der Waals surface area contributed by atoms with Crippen molar-refractivity contribution in [1.29, 1.82) is 0 Å². The predicted molar refractivity (Wildman–Crippen MR) is 82.3 cm³/mol. The highest BCUT2D eigenvalue weighted by atomic mass is 16.5. The first kappa shape index (κ1) is 16.1. The third-order valence-corrected chi connectivity index (χ3v) is 3.95. The third kappa shape index (κ3) is 3.90. The molecule has 0 aliphatic rings. The SMILES string of the molecule is Cc1noc(C)c1CCC(=O)N(C)C(C)Cc1cnccn1. The zero-order valence-electron chi connectivity index (χ0n) is 13.5. The zero-order valence-corrected chi connectivity index (χ0v) is 13.5. The Labute approximate surface area is 130 Å². The Morgan fingerprint density at radius 3 is 2.73 bits per heavy atom. The van der Waals surface area contributed by atoms with E-state index in [4.69, 9.17) is 4.52 Å². The molecular weight excluding hydrogens is 280 g/mol. The average Bonchev–Trinajstić information content (AvgIpc) is 2.83. The van der Waals surface area contributed by atoms with Gasteiger partial charge < -0.3 is 9.42 Å². The summed E-state index contributed by atoms with van der Waals surface area (Å²) >= 11 is 0. The topological polar surface area (TPSA) is 72.1 Å². The van der Waals surface area contributed by atoms with E-state index in [1.807, 2.05) is 27.8 Å². The zero-order chi connectivity index (χ0) is 16.1. The Hall–Kier alpha value is -2.24. The molecule has 2 aromatic heterocycles. The van der Waals surface area contributed by atoms with Crippen LogP contribution < -0.4 is 0 Å². The van der Waals surface area contributed by atoms with Crippen LogP contribution in [0.3, 0.4) is 0 Å². The second-order valence-electron chi connectivity index (χ2n) is 5.56. The molecule has 0 fully saturated rings. The van der Waals surface area contributed by atoms with Crippen molar-refractivity contribution < 1.29 is 9.32 Å². The highest BCUT2D eigenvalue weighted by Crippen LogP contribution is 2.15. The van der Waals surface area contributed by atoms with Crippen molar-refractivity contribution in [3.63, 3.8) is 0 Å². The highest BCUT2D eigenvalue weighted by Gasteiger charge is 2.18. The van der Waals surface area contributed by atoms with E-state index < -0.39 is 0 Å². The highest BCUT2D eigenvalue weighted by molar-refractivity contribution is 5.76. The van der Waals surface area contributed by atoms with Crippen LogP contribution in [0.1, 0.15) is 36.1 Å². The molecule has 0 N–H and O–H groups in total. The molecule has 2 aromatic rings. The Balaban J connectivity index is 1.89. The van der Waals surface area contributed by atoms with E-state index in [2.05, 4.69) is 15.1 Å². The summed E-state index contributed by atoms with van der Waals surface area (Å²) in [5, 5.41) is 3.91. The normalized spacial score (nSPS) is 12.2. The molecule has 118 valence electrons. The van der Waals surface area contributed by atoms with Crippen LogP contribution in [0.2, 0.25) is 0 Å². The van der Waals surface area contributed by atoms with Gasteiger partial charge in [0.15, 0.2) is 0 Å². The van der Waals surface area contributed by atoms with Gasteiger partial charge in [0.1, 0.15) is 5.76 Å². The predicted octanol–water partition coefficient (Wildman–Crippen LogP) is 2.10. The maximum Gasteiger partial charge on any atom is 0.222 e. The van der Waals surface area contributed by atoms with E-state index in [9.17, 15) is 4.79 Å². The first-order valence-electron chi connectivity index (χ1n) is 7.41. The molecule has 0 bridgehead atoms. The van der Waals surface area contributed by atoms with Gasteiger partial charge in [-0.05, 0) is 27.2 Å².